The highest BCUT2D eigenvalue weighted by Crippen LogP contribution is 2.03. The molecule has 5 heteroatoms. The van der Waals surface area contributed by atoms with Crippen molar-refractivity contribution in [3.8, 4) is 0 Å². The SMILES string of the molecule is CCCCN(C)C(=O)c1n[nH]nc1C. The van der Waals surface area contributed by atoms with Crippen LogP contribution in [0.3, 0.4) is 0 Å². The monoisotopic (exact) mass is 196 g/mol. The lowest BCUT2D eigenvalue weighted by atomic mass is 10.3. The summed E-state index contributed by atoms with van der Waals surface area (Å²) in [6, 6.07) is 0. The largest absolute Gasteiger partial charge is 0.340 e. The zero-order valence-corrected chi connectivity index (χ0v) is 8.87. The highest BCUT2D eigenvalue weighted by Gasteiger charge is 2.16. The average molecular weight is 196 g/mol. The van der Waals surface area contributed by atoms with E-state index in [0.29, 0.717) is 11.4 Å². The number of nitrogens with zero attached hydrogens (tertiary/aromatic N) is 3. The molecule has 0 saturated carbocycles. The summed E-state index contributed by atoms with van der Waals surface area (Å²) in [5, 5.41) is 10.1. The Balaban J connectivity index is 2.61. The van der Waals surface area contributed by atoms with Crippen molar-refractivity contribution in [3.05, 3.63) is 11.4 Å². The Kier molecular flexibility index (Phi) is 3.62. The molecule has 0 spiro atoms. The molecule has 1 N–H and O–H groups in total. The van der Waals surface area contributed by atoms with Gasteiger partial charge in [0.15, 0.2) is 5.69 Å². The van der Waals surface area contributed by atoms with Gasteiger partial charge >= 0.3 is 0 Å². The van der Waals surface area contributed by atoms with E-state index in [-0.39, 0.29) is 5.91 Å². The van der Waals surface area contributed by atoms with Crippen molar-refractivity contribution >= 4 is 5.91 Å². The maximum atomic E-state index is 11.7. The smallest absolute Gasteiger partial charge is 0.276 e. The number of carbonyl (C=O) groups excluding carboxylic acids is 1. The Hall–Kier alpha value is -1.39. The predicted molar refractivity (Wildman–Crippen MR) is 53.0 cm³/mol. The molecule has 1 aromatic rings. The quantitative estimate of drug-likeness (QED) is 0.781. The van der Waals surface area contributed by atoms with E-state index in [1.54, 1.807) is 18.9 Å². The van der Waals surface area contributed by atoms with Gasteiger partial charge in [-0.05, 0) is 13.3 Å². The van der Waals surface area contributed by atoms with Crippen molar-refractivity contribution in [2.75, 3.05) is 13.6 Å². The summed E-state index contributed by atoms with van der Waals surface area (Å²) < 4.78 is 0. The lowest BCUT2D eigenvalue weighted by Crippen LogP contribution is -2.28. The summed E-state index contributed by atoms with van der Waals surface area (Å²) >= 11 is 0. The first-order valence-corrected chi connectivity index (χ1v) is 4.79. The number of unbranched alkanes of at least 4 members (excludes halogenated alkanes) is 1. The van der Waals surface area contributed by atoms with Crippen LogP contribution in [-0.4, -0.2) is 39.8 Å². The number of aromatic amines is 1. The molecular formula is C9H16N4O. The molecule has 0 saturated heterocycles. The van der Waals surface area contributed by atoms with E-state index in [4.69, 9.17) is 0 Å². The van der Waals surface area contributed by atoms with Crippen LogP contribution in [0.5, 0.6) is 0 Å². The molecule has 0 radical (unpaired) electrons. The fourth-order valence-electron chi connectivity index (χ4n) is 1.16. The predicted octanol–water partition coefficient (Wildman–Crippen LogP) is 0.985. The minimum Gasteiger partial charge on any atom is -0.340 e. The number of amides is 1. The van der Waals surface area contributed by atoms with Crippen LogP contribution in [0, 0.1) is 6.92 Å². The Bertz CT molecular complexity index is 308. The second-order valence-electron chi connectivity index (χ2n) is 3.34. The van der Waals surface area contributed by atoms with Crippen LogP contribution in [0.4, 0.5) is 0 Å². The standard InChI is InChI=1S/C9H16N4O/c1-4-5-6-13(3)9(14)8-7(2)10-12-11-8/h4-6H2,1-3H3,(H,10,11,12). The Morgan fingerprint density at radius 2 is 2.21 bits per heavy atom. The van der Waals surface area contributed by atoms with E-state index in [9.17, 15) is 4.79 Å². The first-order chi connectivity index (χ1) is 6.66. The van der Waals surface area contributed by atoms with Gasteiger partial charge in [-0.25, -0.2) is 0 Å². The van der Waals surface area contributed by atoms with Gasteiger partial charge in [-0.1, -0.05) is 13.3 Å². The van der Waals surface area contributed by atoms with Gasteiger partial charge in [0.1, 0.15) is 0 Å². The van der Waals surface area contributed by atoms with Crippen LogP contribution in [-0.2, 0) is 0 Å². The zero-order chi connectivity index (χ0) is 10.6. The second kappa shape index (κ2) is 4.74. The van der Waals surface area contributed by atoms with Crippen molar-refractivity contribution in [1.82, 2.24) is 20.3 Å². The number of nitrogens with one attached hydrogen (secondary N) is 1. The van der Waals surface area contributed by atoms with E-state index in [1.165, 1.54) is 0 Å². The molecule has 0 atom stereocenters. The van der Waals surface area contributed by atoms with Crippen molar-refractivity contribution in [1.29, 1.82) is 0 Å². The number of aryl methyl sites for hydroxylation is 1. The zero-order valence-electron chi connectivity index (χ0n) is 8.87. The molecule has 0 bridgehead atoms. The number of hydrogen-bond donors (Lipinski definition) is 1. The molecular weight excluding hydrogens is 180 g/mol. The molecule has 0 unspecified atom stereocenters. The molecule has 0 fully saturated rings. The van der Waals surface area contributed by atoms with Crippen LogP contribution < -0.4 is 0 Å². The molecule has 5 nitrogen and oxygen atoms in total. The van der Waals surface area contributed by atoms with Crippen molar-refractivity contribution in [2.24, 2.45) is 0 Å². The van der Waals surface area contributed by atoms with E-state index in [0.717, 1.165) is 19.4 Å². The third kappa shape index (κ3) is 2.31. The van der Waals surface area contributed by atoms with Gasteiger partial charge in [0, 0.05) is 13.6 Å². The molecule has 0 aliphatic heterocycles. The van der Waals surface area contributed by atoms with E-state index < -0.39 is 0 Å². The van der Waals surface area contributed by atoms with Crippen LogP contribution in [0.15, 0.2) is 0 Å². The molecule has 1 rings (SSSR count). The van der Waals surface area contributed by atoms with Crippen molar-refractivity contribution in [3.63, 3.8) is 0 Å². The third-order valence-corrected chi connectivity index (χ3v) is 2.12. The number of aromatic nitrogens is 3. The average Bonchev–Trinajstić information content (AvgIpc) is 2.59. The van der Waals surface area contributed by atoms with E-state index in [1.807, 2.05) is 0 Å². The summed E-state index contributed by atoms with van der Waals surface area (Å²) in [6.45, 7) is 4.63. The minimum atomic E-state index is -0.0651. The molecule has 0 aromatic carbocycles. The van der Waals surface area contributed by atoms with Crippen LogP contribution >= 0.6 is 0 Å². The molecule has 1 aromatic heterocycles. The van der Waals surface area contributed by atoms with Crippen LogP contribution in [0.25, 0.3) is 0 Å². The minimum absolute atomic E-state index is 0.0651. The second-order valence-corrected chi connectivity index (χ2v) is 3.34. The van der Waals surface area contributed by atoms with Gasteiger partial charge < -0.3 is 4.90 Å². The Morgan fingerprint density at radius 1 is 1.50 bits per heavy atom. The lowest BCUT2D eigenvalue weighted by Gasteiger charge is -2.14. The van der Waals surface area contributed by atoms with Crippen molar-refractivity contribution in [2.45, 2.75) is 26.7 Å². The molecule has 0 aliphatic carbocycles. The number of H-pyrrole nitrogens is 1. The Morgan fingerprint density at radius 3 is 2.71 bits per heavy atom. The molecule has 1 heterocycles. The van der Waals surface area contributed by atoms with Gasteiger partial charge in [-0.15, -0.1) is 0 Å². The topological polar surface area (TPSA) is 61.9 Å². The van der Waals surface area contributed by atoms with E-state index in [2.05, 4.69) is 22.3 Å². The van der Waals surface area contributed by atoms with Crippen LogP contribution in [0.1, 0.15) is 35.9 Å². The number of carbonyl (C=O) groups is 1. The highest BCUT2D eigenvalue weighted by atomic mass is 16.2. The maximum Gasteiger partial charge on any atom is 0.276 e. The van der Waals surface area contributed by atoms with Gasteiger partial charge in [0.25, 0.3) is 5.91 Å². The molecule has 0 aliphatic rings. The maximum absolute atomic E-state index is 11.7. The van der Waals surface area contributed by atoms with E-state index >= 15 is 0 Å². The first-order valence-electron chi connectivity index (χ1n) is 4.79. The Labute approximate surface area is 83.5 Å². The van der Waals surface area contributed by atoms with Gasteiger partial charge in [-0.2, -0.15) is 15.4 Å². The van der Waals surface area contributed by atoms with Crippen LogP contribution in [0.2, 0.25) is 0 Å². The van der Waals surface area contributed by atoms with Gasteiger partial charge in [-0.3, -0.25) is 4.79 Å². The first kappa shape index (κ1) is 10.7. The van der Waals surface area contributed by atoms with Gasteiger partial charge in [0.05, 0.1) is 5.69 Å². The summed E-state index contributed by atoms with van der Waals surface area (Å²) in [7, 11) is 1.78. The lowest BCUT2D eigenvalue weighted by molar-refractivity contribution is 0.0786. The number of hydrogen-bond acceptors (Lipinski definition) is 3. The number of rotatable bonds is 4. The van der Waals surface area contributed by atoms with Gasteiger partial charge in [0.2, 0.25) is 0 Å². The molecule has 78 valence electrons. The summed E-state index contributed by atoms with van der Waals surface area (Å²) in [5.41, 5.74) is 1.07. The fraction of sp³-hybridized carbons (Fsp3) is 0.667. The summed E-state index contributed by atoms with van der Waals surface area (Å²) in [4.78, 5) is 13.4. The molecule has 14 heavy (non-hydrogen) atoms. The summed E-state index contributed by atoms with van der Waals surface area (Å²) in [5.74, 6) is -0.0651. The fourth-order valence-corrected chi connectivity index (χ4v) is 1.16. The third-order valence-electron chi connectivity index (χ3n) is 2.12. The highest BCUT2D eigenvalue weighted by molar-refractivity contribution is 5.92. The summed E-state index contributed by atoms with van der Waals surface area (Å²) in [6.07, 6.45) is 2.09. The normalized spacial score (nSPS) is 10.2. The molecule has 1 amide bonds. The van der Waals surface area contributed by atoms with Crippen molar-refractivity contribution < 1.29 is 4.79 Å².